The van der Waals surface area contributed by atoms with Gasteiger partial charge in [0, 0.05) is 11.8 Å². The molecule has 0 unspecified atom stereocenters. The van der Waals surface area contributed by atoms with Gasteiger partial charge in [-0.2, -0.15) is 0 Å². The van der Waals surface area contributed by atoms with Crippen molar-refractivity contribution in [2.24, 2.45) is 5.92 Å². The molecule has 0 aliphatic heterocycles. The molecule has 0 aromatic carbocycles. The number of carbonyl (C=O) groups excluding carboxylic acids is 2. The van der Waals surface area contributed by atoms with E-state index in [9.17, 15) is 9.59 Å². The number of hydrogen-bond acceptors (Lipinski definition) is 4. The van der Waals surface area contributed by atoms with Crippen LogP contribution in [0.25, 0.3) is 0 Å². The number of aldehydes is 1. The fraction of sp³-hybridized carbons (Fsp3) is 0.438. The largest absolute Gasteiger partial charge is 0.298 e. The molecule has 108 valence electrons. The zero-order valence-electron chi connectivity index (χ0n) is 12.1. The standard InChI is InChI=1S/C16H21NO2S/c1-4-13(5-2)8-12(3)15(19)11-20-16-7-6-14(10-18)9-17-16/h6-7,9-10,13H,3-5,8,11H2,1-2H3. The molecule has 0 spiro atoms. The van der Waals surface area contributed by atoms with E-state index in [4.69, 9.17) is 0 Å². The summed E-state index contributed by atoms with van der Waals surface area (Å²) in [5.41, 5.74) is 1.24. The number of ketones is 1. The fourth-order valence-corrected chi connectivity index (χ4v) is 2.60. The highest BCUT2D eigenvalue weighted by Gasteiger charge is 2.13. The van der Waals surface area contributed by atoms with Crippen LogP contribution in [0.4, 0.5) is 0 Å². The summed E-state index contributed by atoms with van der Waals surface area (Å²) in [6.07, 6.45) is 5.20. The Balaban J connectivity index is 2.45. The van der Waals surface area contributed by atoms with Crippen LogP contribution in [-0.4, -0.2) is 22.8 Å². The van der Waals surface area contributed by atoms with Crippen LogP contribution in [-0.2, 0) is 4.79 Å². The van der Waals surface area contributed by atoms with Gasteiger partial charge < -0.3 is 0 Å². The lowest BCUT2D eigenvalue weighted by Crippen LogP contribution is -2.09. The van der Waals surface area contributed by atoms with Crippen LogP contribution in [0, 0.1) is 5.92 Å². The van der Waals surface area contributed by atoms with Crippen LogP contribution in [0.2, 0.25) is 0 Å². The van der Waals surface area contributed by atoms with Gasteiger partial charge in [0.1, 0.15) is 0 Å². The second kappa shape index (κ2) is 8.69. The molecule has 0 radical (unpaired) electrons. The van der Waals surface area contributed by atoms with Gasteiger partial charge in [-0.25, -0.2) is 4.98 Å². The number of aromatic nitrogens is 1. The lowest BCUT2D eigenvalue weighted by molar-refractivity contribution is -0.113. The van der Waals surface area contributed by atoms with Crippen molar-refractivity contribution in [1.29, 1.82) is 0 Å². The zero-order valence-corrected chi connectivity index (χ0v) is 12.9. The number of pyridine rings is 1. The summed E-state index contributed by atoms with van der Waals surface area (Å²) in [4.78, 5) is 26.6. The molecule has 0 amide bonds. The van der Waals surface area contributed by atoms with E-state index in [1.807, 2.05) is 0 Å². The van der Waals surface area contributed by atoms with Crippen molar-refractivity contribution in [1.82, 2.24) is 4.98 Å². The van der Waals surface area contributed by atoms with Crippen molar-refractivity contribution >= 4 is 23.8 Å². The van der Waals surface area contributed by atoms with Gasteiger partial charge in [-0.3, -0.25) is 9.59 Å². The fourth-order valence-electron chi connectivity index (χ4n) is 1.83. The maximum Gasteiger partial charge on any atom is 0.168 e. The van der Waals surface area contributed by atoms with Crippen LogP contribution in [0.15, 0.2) is 35.5 Å². The molecule has 1 aromatic rings. The number of thioether (sulfide) groups is 1. The van der Waals surface area contributed by atoms with Gasteiger partial charge in [0.2, 0.25) is 0 Å². The average molecular weight is 291 g/mol. The Kier molecular flexibility index (Phi) is 7.23. The molecule has 1 aromatic heterocycles. The van der Waals surface area contributed by atoms with Crippen LogP contribution in [0.3, 0.4) is 0 Å². The van der Waals surface area contributed by atoms with Crippen molar-refractivity contribution < 1.29 is 9.59 Å². The molecule has 1 rings (SSSR count). The summed E-state index contributed by atoms with van der Waals surface area (Å²) < 4.78 is 0. The number of rotatable bonds is 9. The van der Waals surface area contributed by atoms with E-state index in [1.165, 1.54) is 18.0 Å². The molecule has 20 heavy (non-hydrogen) atoms. The lowest BCUT2D eigenvalue weighted by Gasteiger charge is -2.13. The second-order valence-electron chi connectivity index (χ2n) is 4.75. The highest BCUT2D eigenvalue weighted by atomic mass is 32.2. The molecule has 0 bridgehead atoms. The molecule has 0 aliphatic rings. The maximum atomic E-state index is 12.0. The highest BCUT2D eigenvalue weighted by Crippen LogP contribution is 2.21. The van der Waals surface area contributed by atoms with Crippen molar-refractivity contribution in [2.75, 3.05) is 5.75 Å². The van der Waals surface area contributed by atoms with Crippen molar-refractivity contribution in [3.63, 3.8) is 0 Å². The Hall–Kier alpha value is -1.42. The van der Waals surface area contributed by atoms with E-state index in [0.717, 1.165) is 30.6 Å². The van der Waals surface area contributed by atoms with Crippen molar-refractivity contribution in [2.45, 2.75) is 38.1 Å². The van der Waals surface area contributed by atoms with E-state index >= 15 is 0 Å². The first-order valence-electron chi connectivity index (χ1n) is 6.85. The monoisotopic (exact) mass is 291 g/mol. The van der Waals surface area contributed by atoms with E-state index < -0.39 is 0 Å². The Morgan fingerprint density at radius 3 is 2.60 bits per heavy atom. The van der Waals surface area contributed by atoms with E-state index in [-0.39, 0.29) is 5.78 Å². The third-order valence-corrected chi connectivity index (χ3v) is 4.27. The predicted molar refractivity (Wildman–Crippen MR) is 83.2 cm³/mol. The van der Waals surface area contributed by atoms with Crippen molar-refractivity contribution in [3.8, 4) is 0 Å². The van der Waals surface area contributed by atoms with Gasteiger partial charge >= 0.3 is 0 Å². The smallest absolute Gasteiger partial charge is 0.168 e. The maximum absolute atomic E-state index is 12.0. The normalized spacial score (nSPS) is 10.6. The summed E-state index contributed by atoms with van der Waals surface area (Å²) in [6, 6.07) is 3.46. The van der Waals surface area contributed by atoms with Gasteiger partial charge in [-0.1, -0.05) is 45.0 Å². The molecule has 1 heterocycles. The van der Waals surface area contributed by atoms with Gasteiger partial charge in [-0.05, 0) is 30.0 Å². The van der Waals surface area contributed by atoms with Gasteiger partial charge in [0.15, 0.2) is 12.1 Å². The molecule has 0 atom stereocenters. The van der Waals surface area contributed by atoms with E-state index in [2.05, 4.69) is 25.4 Å². The van der Waals surface area contributed by atoms with Crippen LogP contribution in [0.5, 0.6) is 0 Å². The minimum atomic E-state index is 0.0863. The lowest BCUT2D eigenvalue weighted by atomic mass is 9.94. The summed E-state index contributed by atoms with van der Waals surface area (Å²) in [6.45, 7) is 8.18. The predicted octanol–water partition coefficient (Wildman–Crippen LogP) is 3.94. The van der Waals surface area contributed by atoms with Crippen LogP contribution < -0.4 is 0 Å². The average Bonchev–Trinajstić information content (AvgIpc) is 2.50. The third-order valence-electron chi connectivity index (χ3n) is 3.33. The van der Waals surface area contributed by atoms with Crippen LogP contribution in [0.1, 0.15) is 43.5 Å². The Labute approximate surface area is 124 Å². The van der Waals surface area contributed by atoms with Gasteiger partial charge in [0.05, 0.1) is 10.8 Å². The Bertz CT molecular complexity index is 464. The number of nitrogens with zero attached hydrogens (tertiary/aromatic N) is 1. The number of carbonyl (C=O) groups is 2. The number of allylic oxidation sites excluding steroid dienone is 1. The van der Waals surface area contributed by atoms with Crippen LogP contribution >= 0.6 is 11.8 Å². The topological polar surface area (TPSA) is 47.0 Å². The summed E-state index contributed by atoms with van der Waals surface area (Å²) in [7, 11) is 0. The SMILES string of the molecule is C=C(CC(CC)CC)C(=O)CSc1ccc(C=O)cn1. The molecular formula is C16H21NO2S. The molecule has 3 nitrogen and oxygen atoms in total. The summed E-state index contributed by atoms with van der Waals surface area (Å²) in [5.74, 6) is 0.983. The third kappa shape index (κ3) is 5.29. The minimum absolute atomic E-state index is 0.0863. The minimum Gasteiger partial charge on any atom is -0.298 e. The summed E-state index contributed by atoms with van der Waals surface area (Å²) >= 11 is 1.38. The molecule has 0 aliphatic carbocycles. The van der Waals surface area contributed by atoms with Gasteiger partial charge in [-0.15, -0.1) is 0 Å². The van der Waals surface area contributed by atoms with E-state index in [0.29, 0.717) is 22.8 Å². The molecule has 0 fully saturated rings. The quantitative estimate of drug-likeness (QED) is 0.393. The molecule has 4 heteroatoms. The van der Waals surface area contributed by atoms with Gasteiger partial charge in [0.25, 0.3) is 0 Å². The first-order valence-corrected chi connectivity index (χ1v) is 7.84. The summed E-state index contributed by atoms with van der Waals surface area (Å²) in [5, 5.41) is 0.749. The first-order chi connectivity index (χ1) is 9.60. The Morgan fingerprint density at radius 1 is 1.40 bits per heavy atom. The molecule has 0 N–H and O–H groups in total. The number of hydrogen-bond donors (Lipinski definition) is 0. The highest BCUT2D eigenvalue weighted by molar-refractivity contribution is 7.99. The molecular weight excluding hydrogens is 270 g/mol. The second-order valence-corrected chi connectivity index (χ2v) is 5.75. The molecule has 0 saturated heterocycles. The van der Waals surface area contributed by atoms with Crippen molar-refractivity contribution in [3.05, 3.63) is 36.0 Å². The van der Waals surface area contributed by atoms with E-state index in [1.54, 1.807) is 12.1 Å². The Morgan fingerprint density at radius 2 is 2.10 bits per heavy atom. The zero-order chi connectivity index (χ0) is 15.0. The molecule has 0 saturated carbocycles. The number of Topliss-reactive ketones (excluding diaryl/α,β-unsaturated/α-hetero) is 1. The first kappa shape index (κ1) is 16.6.